The molecule has 1 N–H and O–H groups in total. The van der Waals surface area contributed by atoms with Crippen molar-refractivity contribution < 1.29 is 9.90 Å². The molecular formula is C11H20BrNO2. The molecule has 2 unspecified atom stereocenters. The van der Waals surface area contributed by atoms with Crippen molar-refractivity contribution >= 4 is 21.8 Å². The second-order valence-corrected chi connectivity index (χ2v) is 5.38. The van der Waals surface area contributed by atoms with Crippen molar-refractivity contribution in [2.24, 2.45) is 5.92 Å². The molecule has 3 nitrogen and oxygen atoms in total. The number of amides is 1. The summed E-state index contributed by atoms with van der Waals surface area (Å²) in [5.74, 6) is 0.561. The van der Waals surface area contributed by atoms with Gasteiger partial charge in [-0.2, -0.15) is 0 Å². The molecule has 1 rings (SSSR count). The Morgan fingerprint density at radius 3 is 2.47 bits per heavy atom. The quantitative estimate of drug-likeness (QED) is 0.799. The third-order valence-electron chi connectivity index (χ3n) is 3.16. The van der Waals surface area contributed by atoms with Crippen LogP contribution in [0.15, 0.2) is 0 Å². The monoisotopic (exact) mass is 277 g/mol. The van der Waals surface area contributed by atoms with Gasteiger partial charge < -0.3 is 10.0 Å². The summed E-state index contributed by atoms with van der Waals surface area (Å²) in [6.45, 7) is 5.41. The minimum atomic E-state index is -0.242. The van der Waals surface area contributed by atoms with Gasteiger partial charge in [-0.25, -0.2) is 0 Å². The maximum atomic E-state index is 11.8. The zero-order chi connectivity index (χ0) is 11.4. The second-order valence-electron chi connectivity index (χ2n) is 4.28. The van der Waals surface area contributed by atoms with Crippen molar-refractivity contribution in [2.75, 3.05) is 13.1 Å². The average Bonchev–Trinajstić information content (AvgIpc) is 2.27. The van der Waals surface area contributed by atoms with Crippen molar-refractivity contribution in [3.63, 3.8) is 0 Å². The van der Waals surface area contributed by atoms with Crippen molar-refractivity contribution in [2.45, 2.75) is 44.0 Å². The summed E-state index contributed by atoms with van der Waals surface area (Å²) in [6, 6.07) is 0. The van der Waals surface area contributed by atoms with Crippen LogP contribution in [0.25, 0.3) is 0 Å². The zero-order valence-corrected chi connectivity index (χ0v) is 11.0. The van der Waals surface area contributed by atoms with E-state index in [0.29, 0.717) is 5.92 Å². The standard InChI is InChI=1S/C11H20BrNO2/c1-3-10(12)11(15)13-6-4-9(5-7-13)8(2)14/h8-10,14H,3-7H2,1-2H3. The third kappa shape index (κ3) is 3.45. The Bertz CT molecular complexity index is 213. The number of piperidine rings is 1. The van der Waals surface area contributed by atoms with Crippen molar-refractivity contribution in [3.8, 4) is 0 Å². The fourth-order valence-corrected chi connectivity index (χ4v) is 2.26. The number of carbonyl (C=O) groups excluding carboxylic acids is 1. The van der Waals surface area contributed by atoms with Crippen LogP contribution >= 0.6 is 15.9 Å². The zero-order valence-electron chi connectivity index (χ0n) is 9.45. The molecule has 15 heavy (non-hydrogen) atoms. The summed E-state index contributed by atoms with van der Waals surface area (Å²) >= 11 is 3.38. The average molecular weight is 278 g/mol. The van der Waals surface area contributed by atoms with Gasteiger partial charge in [0.15, 0.2) is 0 Å². The molecule has 0 aromatic carbocycles. The van der Waals surface area contributed by atoms with E-state index < -0.39 is 0 Å². The number of alkyl halides is 1. The second kappa shape index (κ2) is 5.85. The molecule has 1 fully saturated rings. The number of aliphatic hydroxyl groups excluding tert-OH is 1. The van der Waals surface area contributed by atoms with E-state index in [1.165, 1.54) is 0 Å². The Balaban J connectivity index is 2.40. The molecule has 2 atom stereocenters. The van der Waals surface area contributed by atoms with Crippen LogP contribution in [0.4, 0.5) is 0 Å². The molecular weight excluding hydrogens is 258 g/mol. The number of rotatable bonds is 3. The van der Waals surface area contributed by atoms with Gasteiger partial charge in [0, 0.05) is 13.1 Å². The van der Waals surface area contributed by atoms with Gasteiger partial charge in [-0.3, -0.25) is 4.79 Å². The lowest BCUT2D eigenvalue weighted by molar-refractivity contribution is -0.132. The fraction of sp³-hybridized carbons (Fsp3) is 0.909. The summed E-state index contributed by atoms with van der Waals surface area (Å²) < 4.78 is 0. The predicted octanol–water partition coefficient (Wildman–Crippen LogP) is 1.78. The Morgan fingerprint density at radius 2 is 2.07 bits per heavy atom. The smallest absolute Gasteiger partial charge is 0.236 e. The molecule has 0 saturated carbocycles. The maximum Gasteiger partial charge on any atom is 0.236 e. The lowest BCUT2D eigenvalue weighted by Crippen LogP contribution is -2.43. The minimum absolute atomic E-state index is 0.0411. The van der Waals surface area contributed by atoms with E-state index >= 15 is 0 Å². The Kier molecular flexibility index (Phi) is 5.06. The molecule has 0 bridgehead atoms. The van der Waals surface area contributed by atoms with E-state index in [-0.39, 0.29) is 16.8 Å². The van der Waals surface area contributed by atoms with Gasteiger partial charge in [0.25, 0.3) is 0 Å². The van der Waals surface area contributed by atoms with Gasteiger partial charge in [0.2, 0.25) is 5.91 Å². The number of aliphatic hydroxyl groups is 1. The first-order valence-electron chi connectivity index (χ1n) is 5.67. The normalized spacial score (nSPS) is 22.5. The van der Waals surface area contributed by atoms with Crippen LogP contribution in [0.1, 0.15) is 33.1 Å². The number of halogens is 1. The predicted molar refractivity (Wildman–Crippen MR) is 64.0 cm³/mol. The molecule has 0 aromatic rings. The number of hydrogen-bond acceptors (Lipinski definition) is 2. The number of nitrogens with zero attached hydrogens (tertiary/aromatic N) is 1. The summed E-state index contributed by atoms with van der Waals surface area (Å²) in [5, 5.41) is 9.44. The SMILES string of the molecule is CCC(Br)C(=O)N1CCC(C(C)O)CC1. The highest BCUT2D eigenvalue weighted by molar-refractivity contribution is 9.10. The molecule has 4 heteroatoms. The van der Waals surface area contributed by atoms with Crippen LogP contribution in [0.5, 0.6) is 0 Å². The molecule has 88 valence electrons. The number of carbonyl (C=O) groups is 1. The molecule has 1 saturated heterocycles. The Labute approximate surface area is 100.0 Å². The van der Waals surface area contributed by atoms with Crippen molar-refractivity contribution in [3.05, 3.63) is 0 Å². The molecule has 1 heterocycles. The van der Waals surface area contributed by atoms with E-state index in [2.05, 4.69) is 15.9 Å². The fourth-order valence-electron chi connectivity index (χ4n) is 1.97. The summed E-state index contributed by atoms with van der Waals surface area (Å²) in [4.78, 5) is 13.7. The first-order valence-corrected chi connectivity index (χ1v) is 6.58. The van der Waals surface area contributed by atoms with Crippen molar-refractivity contribution in [1.29, 1.82) is 0 Å². The summed E-state index contributed by atoms with van der Waals surface area (Å²) in [5.41, 5.74) is 0. The van der Waals surface area contributed by atoms with Gasteiger partial charge in [-0.1, -0.05) is 22.9 Å². The van der Waals surface area contributed by atoms with Gasteiger partial charge in [-0.05, 0) is 32.1 Å². The first kappa shape index (κ1) is 13.0. The van der Waals surface area contributed by atoms with E-state index in [0.717, 1.165) is 32.4 Å². The summed E-state index contributed by atoms with van der Waals surface area (Å²) in [6.07, 6.45) is 2.43. The summed E-state index contributed by atoms with van der Waals surface area (Å²) in [7, 11) is 0. The third-order valence-corrected chi connectivity index (χ3v) is 4.20. The van der Waals surface area contributed by atoms with Crippen molar-refractivity contribution in [1.82, 2.24) is 4.90 Å². The van der Waals surface area contributed by atoms with Crippen LogP contribution < -0.4 is 0 Å². The Morgan fingerprint density at radius 1 is 1.53 bits per heavy atom. The van der Waals surface area contributed by atoms with Gasteiger partial charge >= 0.3 is 0 Å². The molecule has 0 aromatic heterocycles. The van der Waals surface area contributed by atoms with Crippen LogP contribution in [-0.2, 0) is 4.79 Å². The minimum Gasteiger partial charge on any atom is -0.393 e. The molecule has 1 aliphatic heterocycles. The molecule has 0 radical (unpaired) electrons. The van der Waals surface area contributed by atoms with Gasteiger partial charge in [-0.15, -0.1) is 0 Å². The van der Waals surface area contributed by atoms with Crippen LogP contribution in [0.2, 0.25) is 0 Å². The highest BCUT2D eigenvalue weighted by Crippen LogP contribution is 2.22. The topological polar surface area (TPSA) is 40.5 Å². The maximum absolute atomic E-state index is 11.8. The van der Waals surface area contributed by atoms with Crippen LogP contribution in [-0.4, -0.2) is 39.9 Å². The molecule has 0 aliphatic carbocycles. The number of hydrogen-bond donors (Lipinski definition) is 1. The van der Waals surface area contributed by atoms with E-state index in [1.807, 2.05) is 18.7 Å². The lowest BCUT2D eigenvalue weighted by atomic mass is 9.92. The highest BCUT2D eigenvalue weighted by Gasteiger charge is 2.27. The number of likely N-dealkylation sites (tertiary alicyclic amines) is 1. The molecule has 1 amide bonds. The van der Waals surface area contributed by atoms with E-state index in [4.69, 9.17) is 0 Å². The largest absolute Gasteiger partial charge is 0.393 e. The lowest BCUT2D eigenvalue weighted by Gasteiger charge is -2.34. The van der Waals surface area contributed by atoms with Gasteiger partial charge in [0.05, 0.1) is 10.9 Å². The Hall–Kier alpha value is -0.0900. The first-order chi connectivity index (χ1) is 7.06. The van der Waals surface area contributed by atoms with Crippen LogP contribution in [0, 0.1) is 5.92 Å². The van der Waals surface area contributed by atoms with Gasteiger partial charge in [0.1, 0.15) is 0 Å². The van der Waals surface area contributed by atoms with Crippen LogP contribution in [0.3, 0.4) is 0 Å². The molecule has 1 aliphatic rings. The highest BCUT2D eigenvalue weighted by atomic mass is 79.9. The van der Waals surface area contributed by atoms with E-state index in [9.17, 15) is 9.90 Å². The molecule has 0 spiro atoms. The van der Waals surface area contributed by atoms with E-state index in [1.54, 1.807) is 0 Å².